The Morgan fingerprint density at radius 1 is 1.33 bits per heavy atom. The molecule has 126 valence electrons. The molecule has 2 heterocycles. The van der Waals surface area contributed by atoms with E-state index in [0.717, 1.165) is 11.4 Å². The third-order valence-electron chi connectivity index (χ3n) is 3.86. The molecule has 7 nitrogen and oxygen atoms in total. The first-order valence-electron chi connectivity index (χ1n) is 7.53. The van der Waals surface area contributed by atoms with E-state index in [4.69, 9.17) is 16.3 Å². The summed E-state index contributed by atoms with van der Waals surface area (Å²) in [5.41, 5.74) is 2.01. The van der Waals surface area contributed by atoms with Crippen molar-refractivity contribution in [1.29, 1.82) is 0 Å². The molecule has 24 heavy (non-hydrogen) atoms. The van der Waals surface area contributed by atoms with Crippen LogP contribution in [0.25, 0.3) is 5.69 Å². The number of carbonyl (C=O) groups is 2. The number of carbonyl (C=O) groups excluding carboxylic acids is 1. The SMILES string of the molecule is CCOC(=O)N1CCc2c(c(C(=O)O)nn2-c2ccc(Cl)cc2)C1. The zero-order chi connectivity index (χ0) is 17.3. The molecule has 0 unspecified atom stereocenters. The third kappa shape index (κ3) is 2.94. The number of fused-ring (bicyclic) bond motifs is 1. The monoisotopic (exact) mass is 349 g/mol. The minimum Gasteiger partial charge on any atom is -0.476 e. The zero-order valence-electron chi connectivity index (χ0n) is 13.0. The van der Waals surface area contributed by atoms with Crippen LogP contribution in [0.15, 0.2) is 24.3 Å². The van der Waals surface area contributed by atoms with Crippen molar-refractivity contribution in [1.82, 2.24) is 14.7 Å². The lowest BCUT2D eigenvalue weighted by atomic mass is 10.1. The number of aromatic carboxylic acids is 1. The standard InChI is InChI=1S/C16H16ClN3O4/c1-2-24-16(23)19-8-7-13-12(9-19)14(15(21)22)18-20(13)11-5-3-10(17)4-6-11/h3-6H,2,7-9H2,1H3,(H,21,22). The van der Waals surface area contributed by atoms with Crippen LogP contribution in [0, 0.1) is 0 Å². The van der Waals surface area contributed by atoms with Gasteiger partial charge in [0.15, 0.2) is 5.69 Å². The highest BCUT2D eigenvalue weighted by atomic mass is 35.5. The zero-order valence-corrected chi connectivity index (χ0v) is 13.8. The lowest BCUT2D eigenvalue weighted by Crippen LogP contribution is -2.37. The van der Waals surface area contributed by atoms with E-state index >= 15 is 0 Å². The molecule has 1 amide bonds. The minimum atomic E-state index is -1.12. The van der Waals surface area contributed by atoms with Gasteiger partial charge >= 0.3 is 12.1 Å². The average molecular weight is 350 g/mol. The van der Waals surface area contributed by atoms with Gasteiger partial charge in [-0.2, -0.15) is 5.10 Å². The van der Waals surface area contributed by atoms with Crippen LogP contribution in [0.4, 0.5) is 4.79 Å². The highest BCUT2D eigenvalue weighted by Crippen LogP contribution is 2.26. The summed E-state index contributed by atoms with van der Waals surface area (Å²) in [5, 5.41) is 14.3. The second-order valence-electron chi connectivity index (χ2n) is 5.34. The first kappa shape index (κ1) is 16.3. The highest BCUT2D eigenvalue weighted by Gasteiger charge is 2.30. The van der Waals surface area contributed by atoms with Crippen LogP contribution in [-0.4, -0.2) is 45.0 Å². The summed E-state index contributed by atoms with van der Waals surface area (Å²) < 4.78 is 6.61. The second-order valence-corrected chi connectivity index (χ2v) is 5.77. The van der Waals surface area contributed by atoms with Crippen molar-refractivity contribution >= 4 is 23.7 Å². The number of carboxylic acids is 1. The predicted molar refractivity (Wildman–Crippen MR) is 86.7 cm³/mol. The largest absolute Gasteiger partial charge is 0.476 e. The quantitative estimate of drug-likeness (QED) is 0.921. The van der Waals surface area contributed by atoms with Crippen LogP contribution in [0.5, 0.6) is 0 Å². The predicted octanol–water partition coefficient (Wildman–Crippen LogP) is 2.74. The molecule has 1 N–H and O–H groups in total. The number of halogens is 1. The highest BCUT2D eigenvalue weighted by molar-refractivity contribution is 6.30. The van der Waals surface area contributed by atoms with Crippen molar-refractivity contribution in [3.8, 4) is 5.69 Å². The van der Waals surface area contributed by atoms with Crippen molar-refractivity contribution in [3.63, 3.8) is 0 Å². The molecule has 8 heteroatoms. The molecule has 1 aromatic heterocycles. The van der Waals surface area contributed by atoms with Crippen molar-refractivity contribution in [2.45, 2.75) is 19.9 Å². The molecule has 0 atom stereocenters. The topological polar surface area (TPSA) is 84.7 Å². The van der Waals surface area contributed by atoms with Gasteiger partial charge in [0.1, 0.15) is 0 Å². The van der Waals surface area contributed by atoms with Gasteiger partial charge in [-0.1, -0.05) is 11.6 Å². The Morgan fingerprint density at radius 3 is 2.67 bits per heavy atom. The fourth-order valence-corrected chi connectivity index (χ4v) is 2.88. The third-order valence-corrected chi connectivity index (χ3v) is 4.11. The van der Waals surface area contributed by atoms with E-state index in [1.165, 1.54) is 4.90 Å². The van der Waals surface area contributed by atoms with Crippen LogP contribution >= 0.6 is 11.6 Å². The van der Waals surface area contributed by atoms with E-state index in [1.54, 1.807) is 35.9 Å². The smallest absolute Gasteiger partial charge is 0.410 e. The maximum absolute atomic E-state index is 11.9. The Bertz CT molecular complexity index is 785. The molecule has 1 aromatic carbocycles. The molecule has 0 saturated heterocycles. The molecule has 2 aromatic rings. The fraction of sp³-hybridized carbons (Fsp3) is 0.312. The first-order valence-corrected chi connectivity index (χ1v) is 7.90. The molecular formula is C16H16ClN3O4. The van der Waals surface area contributed by atoms with Crippen molar-refractivity contribution in [2.24, 2.45) is 0 Å². The molecule has 0 bridgehead atoms. The molecule has 3 rings (SSSR count). The normalized spacial score (nSPS) is 13.5. The summed E-state index contributed by atoms with van der Waals surface area (Å²) in [6, 6.07) is 7.00. The van der Waals surface area contributed by atoms with Crippen LogP contribution in [0.1, 0.15) is 28.7 Å². The van der Waals surface area contributed by atoms with Crippen LogP contribution in [0.2, 0.25) is 5.02 Å². The van der Waals surface area contributed by atoms with Crippen LogP contribution in [0.3, 0.4) is 0 Å². The number of benzene rings is 1. The van der Waals surface area contributed by atoms with E-state index in [1.807, 2.05) is 0 Å². The van der Waals surface area contributed by atoms with E-state index in [9.17, 15) is 14.7 Å². The maximum Gasteiger partial charge on any atom is 0.410 e. The van der Waals surface area contributed by atoms with Gasteiger partial charge in [0.25, 0.3) is 0 Å². The van der Waals surface area contributed by atoms with E-state index < -0.39 is 12.1 Å². The van der Waals surface area contributed by atoms with Gasteiger partial charge in [-0.3, -0.25) is 0 Å². The number of hydrogen-bond donors (Lipinski definition) is 1. The summed E-state index contributed by atoms with van der Waals surface area (Å²) in [5.74, 6) is -1.12. The Labute approximate surface area is 143 Å². The van der Waals surface area contributed by atoms with Crippen molar-refractivity contribution in [3.05, 3.63) is 46.2 Å². The van der Waals surface area contributed by atoms with E-state index in [0.29, 0.717) is 23.6 Å². The Kier molecular flexibility index (Phi) is 4.44. The van der Waals surface area contributed by atoms with E-state index in [-0.39, 0.29) is 18.8 Å². The lowest BCUT2D eigenvalue weighted by Gasteiger charge is -2.26. The van der Waals surface area contributed by atoms with Crippen molar-refractivity contribution in [2.75, 3.05) is 13.2 Å². The Morgan fingerprint density at radius 2 is 2.04 bits per heavy atom. The summed E-state index contributed by atoms with van der Waals surface area (Å²) in [7, 11) is 0. The number of carboxylic acid groups (broad SMARTS) is 1. The average Bonchev–Trinajstić information content (AvgIpc) is 2.95. The molecular weight excluding hydrogens is 334 g/mol. The van der Waals surface area contributed by atoms with Gasteiger partial charge in [-0.05, 0) is 31.2 Å². The molecule has 0 aliphatic carbocycles. The van der Waals surface area contributed by atoms with Crippen LogP contribution in [-0.2, 0) is 17.7 Å². The Balaban J connectivity index is 2.01. The molecule has 0 fully saturated rings. The maximum atomic E-state index is 11.9. The number of rotatable bonds is 3. The lowest BCUT2D eigenvalue weighted by molar-refractivity contribution is 0.0684. The molecule has 0 saturated carbocycles. The second kappa shape index (κ2) is 6.52. The number of hydrogen-bond acceptors (Lipinski definition) is 4. The fourth-order valence-electron chi connectivity index (χ4n) is 2.76. The summed E-state index contributed by atoms with van der Waals surface area (Å²) in [4.78, 5) is 25.0. The van der Waals surface area contributed by atoms with Crippen LogP contribution < -0.4 is 0 Å². The molecule has 0 radical (unpaired) electrons. The van der Waals surface area contributed by atoms with Gasteiger partial charge < -0.3 is 14.7 Å². The van der Waals surface area contributed by atoms with Crippen molar-refractivity contribution < 1.29 is 19.4 Å². The number of aromatic nitrogens is 2. The molecule has 1 aliphatic rings. The number of amides is 1. The van der Waals surface area contributed by atoms with Gasteiger partial charge in [0.2, 0.25) is 0 Å². The first-order chi connectivity index (χ1) is 11.5. The summed E-state index contributed by atoms with van der Waals surface area (Å²) in [6.45, 7) is 2.63. The Hall–Kier alpha value is -2.54. The molecule has 1 aliphatic heterocycles. The summed E-state index contributed by atoms with van der Waals surface area (Å²) in [6.07, 6.45) is 0.0515. The minimum absolute atomic E-state index is 0.0473. The van der Waals surface area contributed by atoms with Gasteiger partial charge in [-0.15, -0.1) is 0 Å². The summed E-state index contributed by atoms with van der Waals surface area (Å²) >= 11 is 5.90. The van der Waals surface area contributed by atoms with Gasteiger partial charge in [0, 0.05) is 23.6 Å². The van der Waals surface area contributed by atoms with E-state index in [2.05, 4.69) is 5.10 Å². The molecule has 0 spiro atoms. The number of nitrogens with zero attached hydrogens (tertiary/aromatic N) is 3. The van der Waals surface area contributed by atoms with Gasteiger partial charge in [0.05, 0.1) is 24.5 Å². The number of ether oxygens (including phenoxy) is 1. The van der Waals surface area contributed by atoms with Gasteiger partial charge in [-0.25, -0.2) is 14.3 Å².